The summed E-state index contributed by atoms with van der Waals surface area (Å²) in [6.07, 6.45) is 1.09. The number of carbonyl (C=O) groups excluding carboxylic acids is 2. The van der Waals surface area contributed by atoms with Gasteiger partial charge < -0.3 is 16.4 Å². The molecule has 4 N–H and O–H groups in total. The third-order valence-electron chi connectivity index (χ3n) is 2.90. The Kier molecular flexibility index (Phi) is 3.68. The van der Waals surface area contributed by atoms with Crippen LogP contribution < -0.4 is 11.5 Å². The summed E-state index contributed by atoms with van der Waals surface area (Å²) < 4.78 is 0. The Morgan fingerprint density at radius 3 is 2.47 bits per heavy atom. The second kappa shape index (κ2) is 4.61. The number of hydrogen-bond acceptors (Lipinski definition) is 3. The molecule has 0 spiro atoms. The van der Waals surface area contributed by atoms with Gasteiger partial charge in [-0.3, -0.25) is 9.59 Å². The van der Waals surface area contributed by atoms with Crippen molar-refractivity contribution in [2.24, 2.45) is 23.3 Å². The lowest BCUT2D eigenvalue weighted by atomic mass is 10.2. The number of nitrogens with two attached hydrogens (primary N) is 2. The molecule has 5 heteroatoms. The van der Waals surface area contributed by atoms with E-state index in [2.05, 4.69) is 6.92 Å². The van der Waals surface area contributed by atoms with Crippen molar-refractivity contribution in [1.82, 2.24) is 4.90 Å². The molecule has 0 aromatic rings. The number of rotatable bonds is 5. The van der Waals surface area contributed by atoms with Crippen molar-refractivity contribution in [2.45, 2.75) is 25.8 Å². The van der Waals surface area contributed by atoms with Crippen molar-refractivity contribution in [2.75, 3.05) is 13.6 Å². The lowest BCUT2D eigenvalue weighted by molar-refractivity contribution is -0.133. The van der Waals surface area contributed by atoms with Crippen LogP contribution in [0, 0.1) is 11.8 Å². The summed E-state index contributed by atoms with van der Waals surface area (Å²) in [6.45, 7) is 2.89. The average molecular weight is 213 g/mol. The van der Waals surface area contributed by atoms with Crippen molar-refractivity contribution < 1.29 is 9.59 Å². The molecule has 0 aromatic carbocycles. The molecule has 0 aromatic heterocycles. The van der Waals surface area contributed by atoms with Crippen LogP contribution in [0.25, 0.3) is 0 Å². The summed E-state index contributed by atoms with van der Waals surface area (Å²) in [7, 11) is 1.72. The number of primary amides is 1. The highest BCUT2D eigenvalue weighted by molar-refractivity contribution is 5.87. The van der Waals surface area contributed by atoms with E-state index in [1.807, 2.05) is 0 Å². The Hall–Kier alpha value is -1.10. The summed E-state index contributed by atoms with van der Waals surface area (Å²) in [5.41, 5.74) is 10.5. The smallest absolute Gasteiger partial charge is 0.239 e. The molecule has 3 atom stereocenters. The number of nitrogens with zero attached hydrogens (tertiary/aromatic N) is 1. The SMILES string of the molecule is CC1CC1CN(C)C(=O)C(N)CC(N)=O. The van der Waals surface area contributed by atoms with Crippen LogP contribution in [-0.4, -0.2) is 36.3 Å². The van der Waals surface area contributed by atoms with Crippen LogP contribution in [0.3, 0.4) is 0 Å². The van der Waals surface area contributed by atoms with E-state index < -0.39 is 11.9 Å². The van der Waals surface area contributed by atoms with Crippen LogP contribution in [0.5, 0.6) is 0 Å². The molecular formula is C10H19N3O2. The molecule has 1 fully saturated rings. The standard InChI is InChI=1S/C10H19N3O2/c1-6-3-7(6)5-13(2)10(15)8(11)4-9(12)14/h6-8H,3-5,11H2,1-2H3,(H2,12,14). The zero-order valence-electron chi connectivity index (χ0n) is 9.27. The number of carbonyl (C=O) groups is 2. The molecule has 15 heavy (non-hydrogen) atoms. The first-order valence-corrected chi connectivity index (χ1v) is 5.20. The van der Waals surface area contributed by atoms with Gasteiger partial charge in [0.2, 0.25) is 11.8 Å². The largest absolute Gasteiger partial charge is 0.370 e. The first kappa shape index (κ1) is 12.0. The van der Waals surface area contributed by atoms with E-state index in [4.69, 9.17) is 11.5 Å². The van der Waals surface area contributed by atoms with Gasteiger partial charge in [0.25, 0.3) is 0 Å². The van der Waals surface area contributed by atoms with Crippen molar-refractivity contribution in [3.8, 4) is 0 Å². The third kappa shape index (κ3) is 3.51. The Morgan fingerprint density at radius 2 is 2.07 bits per heavy atom. The Bertz CT molecular complexity index is 267. The number of likely N-dealkylation sites (N-methyl/N-ethyl adjacent to an activating group) is 1. The zero-order valence-corrected chi connectivity index (χ0v) is 9.27. The van der Waals surface area contributed by atoms with E-state index in [0.29, 0.717) is 11.8 Å². The van der Waals surface area contributed by atoms with E-state index >= 15 is 0 Å². The van der Waals surface area contributed by atoms with Gasteiger partial charge >= 0.3 is 0 Å². The van der Waals surface area contributed by atoms with Gasteiger partial charge in [-0.25, -0.2) is 0 Å². The quantitative estimate of drug-likeness (QED) is 0.633. The summed E-state index contributed by atoms with van der Waals surface area (Å²) >= 11 is 0. The van der Waals surface area contributed by atoms with Crippen molar-refractivity contribution in [3.05, 3.63) is 0 Å². The first-order valence-electron chi connectivity index (χ1n) is 5.20. The fourth-order valence-electron chi connectivity index (χ4n) is 1.68. The highest BCUT2D eigenvalue weighted by Crippen LogP contribution is 2.37. The van der Waals surface area contributed by atoms with E-state index in [-0.39, 0.29) is 12.3 Å². The van der Waals surface area contributed by atoms with E-state index in [1.165, 1.54) is 6.42 Å². The Morgan fingerprint density at radius 1 is 1.53 bits per heavy atom. The van der Waals surface area contributed by atoms with Gasteiger partial charge in [0.05, 0.1) is 12.5 Å². The fourth-order valence-corrected chi connectivity index (χ4v) is 1.68. The van der Waals surface area contributed by atoms with Gasteiger partial charge in [-0.2, -0.15) is 0 Å². The second-order valence-electron chi connectivity index (χ2n) is 4.47. The maximum Gasteiger partial charge on any atom is 0.239 e. The van der Waals surface area contributed by atoms with Crippen molar-refractivity contribution >= 4 is 11.8 Å². The van der Waals surface area contributed by atoms with Crippen LogP contribution >= 0.6 is 0 Å². The molecule has 1 rings (SSSR count). The van der Waals surface area contributed by atoms with Gasteiger partial charge in [-0.15, -0.1) is 0 Å². The summed E-state index contributed by atoms with van der Waals surface area (Å²) in [5.74, 6) is 0.560. The molecule has 0 bridgehead atoms. The van der Waals surface area contributed by atoms with Gasteiger partial charge in [-0.1, -0.05) is 6.92 Å². The van der Waals surface area contributed by atoms with Gasteiger partial charge in [0.15, 0.2) is 0 Å². The second-order valence-corrected chi connectivity index (χ2v) is 4.47. The average Bonchev–Trinajstić information content (AvgIpc) is 2.79. The molecular weight excluding hydrogens is 194 g/mol. The molecule has 0 aliphatic heterocycles. The van der Waals surface area contributed by atoms with Crippen LogP contribution in [0.4, 0.5) is 0 Å². The van der Waals surface area contributed by atoms with E-state index in [9.17, 15) is 9.59 Å². The highest BCUT2D eigenvalue weighted by atomic mass is 16.2. The van der Waals surface area contributed by atoms with Gasteiger partial charge in [-0.05, 0) is 18.3 Å². The van der Waals surface area contributed by atoms with Crippen LogP contribution in [0.15, 0.2) is 0 Å². The van der Waals surface area contributed by atoms with Crippen LogP contribution in [0.2, 0.25) is 0 Å². The van der Waals surface area contributed by atoms with Gasteiger partial charge in [0.1, 0.15) is 0 Å². The molecule has 1 aliphatic rings. The normalized spacial score (nSPS) is 25.8. The Labute approximate surface area is 89.8 Å². The molecule has 3 unspecified atom stereocenters. The molecule has 2 amide bonds. The molecule has 86 valence electrons. The predicted octanol–water partition coefficient (Wildman–Crippen LogP) is -0.696. The molecule has 0 heterocycles. The summed E-state index contributed by atoms with van der Waals surface area (Å²) in [6, 6.07) is -0.790. The Balaban J connectivity index is 2.34. The molecule has 1 aliphatic carbocycles. The lowest BCUT2D eigenvalue weighted by Crippen LogP contribution is -2.44. The topological polar surface area (TPSA) is 89.4 Å². The highest BCUT2D eigenvalue weighted by Gasteiger charge is 2.34. The minimum atomic E-state index is -0.790. The number of hydrogen-bond donors (Lipinski definition) is 2. The summed E-state index contributed by atoms with van der Waals surface area (Å²) in [5, 5.41) is 0. The predicted molar refractivity (Wildman–Crippen MR) is 56.7 cm³/mol. The van der Waals surface area contributed by atoms with Crippen molar-refractivity contribution in [3.63, 3.8) is 0 Å². The minimum absolute atomic E-state index is 0.0800. The minimum Gasteiger partial charge on any atom is -0.370 e. The maximum absolute atomic E-state index is 11.6. The first-order chi connectivity index (χ1) is 6.91. The molecule has 1 saturated carbocycles. The maximum atomic E-state index is 11.6. The van der Waals surface area contributed by atoms with E-state index in [1.54, 1.807) is 11.9 Å². The zero-order chi connectivity index (χ0) is 11.6. The molecule has 5 nitrogen and oxygen atoms in total. The fraction of sp³-hybridized carbons (Fsp3) is 0.800. The monoisotopic (exact) mass is 213 g/mol. The van der Waals surface area contributed by atoms with Crippen LogP contribution in [-0.2, 0) is 9.59 Å². The lowest BCUT2D eigenvalue weighted by Gasteiger charge is -2.20. The molecule has 0 saturated heterocycles. The van der Waals surface area contributed by atoms with E-state index in [0.717, 1.165) is 6.54 Å². The molecule has 0 radical (unpaired) electrons. The van der Waals surface area contributed by atoms with Gasteiger partial charge in [0, 0.05) is 13.6 Å². The van der Waals surface area contributed by atoms with Crippen LogP contribution in [0.1, 0.15) is 19.8 Å². The van der Waals surface area contributed by atoms with Crippen molar-refractivity contribution in [1.29, 1.82) is 0 Å². The summed E-state index contributed by atoms with van der Waals surface area (Å²) in [4.78, 5) is 23.8. The number of amides is 2. The third-order valence-corrected chi connectivity index (χ3v) is 2.90.